The average Bonchev–Trinajstić information content (AvgIpc) is 3.14. The highest BCUT2D eigenvalue weighted by atomic mass is 31.1. The number of halogens is 1. The molecule has 0 spiro atoms. The Labute approximate surface area is 192 Å². The fraction of sp³-hybridized carbons (Fsp3) is 0.333. The zero-order valence-corrected chi connectivity index (χ0v) is 19.6. The fourth-order valence-electron chi connectivity index (χ4n) is 3.63. The van der Waals surface area contributed by atoms with E-state index in [1.807, 2.05) is 48.9 Å². The van der Waals surface area contributed by atoms with Crippen molar-refractivity contribution in [1.82, 2.24) is 9.78 Å². The first-order valence-electron chi connectivity index (χ1n) is 10.7. The lowest BCUT2D eigenvalue weighted by Crippen LogP contribution is -2.15. The van der Waals surface area contributed by atoms with Crippen LogP contribution in [-0.4, -0.2) is 44.8 Å². The number of carboxylic acid groups (broad SMARTS) is 1. The lowest BCUT2D eigenvalue weighted by atomic mass is 9.98. The van der Waals surface area contributed by atoms with Gasteiger partial charge in [0.25, 0.3) is 0 Å². The summed E-state index contributed by atoms with van der Waals surface area (Å²) in [7, 11) is -2.60. The molecule has 0 aliphatic rings. The van der Waals surface area contributed by atoms with E-state index in [9.17, 15) is 18.9 Å². The molecule has 3 rings (SSSR count). The van der Waals surface area contributed by atoms with Crippen LogP contribution in [0.1, 0.15) is 37.4 Å². The van der Waals surface area contributed by atoms with Crippen LogP contribution in [0.2, 0.25) is 0 Å². The summed E-state index contributed by atoms with van der Waals surface area (Å²) >= 11 is 0. The molecule has 1 heterocycles. The maximum Gasteiger partial charge on any atom is 0.305 e. The topological polar surface area (TPSA) is 102 Å². The predicted octanol–water partition coefficient (Wildman–Crippen LogP) is 4.67. The monoisotopic (exact) mass is 474 g/mol. The van der Waals surface area contributed by atoms with Crippen molar-refractivity contribution in [3.05, 3.63) is 71.7 Å². The summed E-state index contributed by atoms with van der Waals surface area (Å²) < 4.78 is 33.1. The van der Waals surface area contributed by atoms with E-state index in [1.54, 1.807) is 12.1 Å². The van der Waals surface area contributed by atoms with Gasteiger partial charge in [-0.05, 0) is 42.3 Å². The lowest BCUT2D eigenvalue weighted by Gasteiger charge is -2.12. The van der Waals surface area contributed by atoms with Crippen molar-refractivity contribution < 1.29 is 28.5 Å². The molecule has 0 bridgehead atoms. The molecule has 2 N–H and O–H groups in total. The van der Waals surface area contributed by atoms with Gasteiger partial charge in [-0.15, -0.1) is 0 Å². The minimum Gasteiger partial charge on any atom is -0.481 e. The number of benzene rings is 2. The Kier molecular flexibility index (Phi) is 8.55. The number of aliphatic hydroxyl groups excluding tert-OH is 1. The van der Waals surface area contributed by atoms with Gasteiger partial charge in [0, 0.05) is 23.7 Å². The Morgan fingerprint density at radius 2 is 1.82 bits per heavy atom. The molecule has 0 saturated carbocycles. The molecule has 1 unspecified atom stereocenters. The summed E-state index contributed by atoms with van der Waals surface area (Å²) in [5.41, 5.74) is 4.21. The van der Waals surface area contributed by atoms with Crippen molar-refractivity contribution in [1.29, 1.82) is 0 Å². The molecular weight excluding hydrogens is 446 g/mol. The first-order chi connectivity index (χ1) is 15.8. The highest BCUT2D eigenvalue weighted by Crippen LogP contribution is 2.34. The molecule has 0 fully saturated rings. The van der Waals surface area contributed by atoms with Crippen molar-refractivity contribution in [3.63, 3.8) is 0 Å². The third kappa shape index (κ3) is 6.60. The second kappa shape index (κ2) is 11.4. The van der Waals surface area contributed by atoms with Crippen LogP contribution in [0.15, 0.2) is 54.6 Å². The number of aromatic nitrogens is 2. The lowest BCUT2D eigenvalue weighted by molar-refractivity contribution is -0.138. The minimum atomic E-state index is -2.60. The normalized spacial score (nSPS) is 13.2. The van der Waals surface area contributed by atoms with Gasteiger partial charge in [0.2, 0.25) is 0 Å². The summed E-state index contributed by atoms with van der Waals surface area (Å²) in [6, 6.07) is 15.8. The Morgan fingerprint density at radius 1 is 1.15 bits per heavy atom. The Hall–Kier alpha value is -2.80. The number of rotatable bonds is 11. The first kappa shape index (κ1) is 24.8. The van der Waals surface area contributed by atoms with E-state index in [1.165, 1.54) is 12.1 Å². The SMILES string of the molecule is CC(C)c1nn(-c2ccccc2)c(-c2ccc(F)cc2)c1CCO[PH](=O)C[C@@H](O)CC(=O)O. The Balaban J connectivity index is 1.91. The third-order valence-electron chi connectivity index (χ3n) is 5.11. The molecule has 0 radical (unpaired) electrons. The van der Waals surface area contributed by atoms with Gasteiger partial charge in [-0.3, -0.25) is 9.36 Å². The van der Waals surface area contributed by atoms with Gasteiger partial charge >= 0.3 is 5.97 Å². The van der Waals surface area contributed by atoms with Crippen LogP contribution in [0.25, 0.3) is 16.9 Å². The van der Waals surface area contributed by atoms with Crippen LogP contribution in [-0.2, 0) is 20.3 Å². The molecule has 9 heteroatoms. The van der Waals surface area contributed by atoms with E-state index in [2.05, 4.69) is 0 Å². The van der Waals surface area contributed by atoms with E-state index < -0.39 is 26.5 Å². The number of aliphatic hydroxyl groups is 1. The summed E-state index contributed by atoms with van der Waals surface area (Å²) in [4.78, 5) is 10.7. The van der Waals surface area contributed by atoms with E-state index in [4.69, 9.17) is 14.7 Å². The largest absolute Gasteiger partial charge is 0.481 e. The molecular formula is C24H28FN2O5P. The van der Waals surface area contributed by atoms with Crippen molar-refractivity contribution >= 4 is 14.0 Å². The fourth-order valence-corrected chi connectivity index (χ4v) is 4.61. The standard InChI is InChI=1S/C24H28FN2O5P/c1-16(2)23-21(12-13-32-33(31)15-20(28)14-22(29)30)24(17-8-10-18(25)11-9-17)27(26-23)19-6-4-3-5-7-19/h3-11,16,20,28,33H,12-15H2,1-2H3,(H,29,30)/t20-/m0/s1. The number of para-hydroxylation sites is 1. The number of carbonyl (C=O) groups is 1. The molecule has 7 nitrogen and oxygen atoms in total. The molecule has 0 aliphatic carbocycles. The number of hydrogen-bond acceptors (Lipinski definition) is 5. The predicted molar refractivity (Wildman–Crippen MR) is 125 cm³/mol. The van der Waals surface area contributed by atoms with Crippen LogP contribution in [0.5, 0.6) is 0 Å². The van der Waals surface area contributed by atoms with E-state index >= 15 is 0 Å². The molecule has 33 heavy (non-hydrogen) atoms. The molecule has 0 amide bonds. The number of carboxylic acids is 1. The summed E-state index contributed by atoms with van der Waals surface area (Å²) in [6.45, 7) is 4.18. The number of nitrogens with zero attached hydrogens (tertiary/aromatic N) is 2. The van der Waals surface area contributed by atoms with E-state index in [0.29, 0.717) is 6.42 Å². The van der Waals surface area contributed by atoms with Crippen LogP contribution in [0.4, 0.5) is 4.39 Å². The molecule has 2 aromatic carbocycles. The molecule has 0 aliphatic heterocycles. The number of aliphatic carboxylic acids is 1. The second-order valence-electron chi connectivity index (χ2n) is 8.05. The van der Waals surface area contributed by atoms with Gasteiger partial charge in [0.1, 0.15) is 5.82 Å². The highest BCUT2D eigenvalue weighted by Gasteiger charge is 2.22. The van der Waals surface area contributed by atoms with E-state index in [0.717, 1.165) is 28.2 Å². The first-order valence-corrected chi connectivity index (χ1v) is 12.3. The van der Waals surface area contributed by atoms with Crippen molar-refractivity contribution in [2.45, 2.75) is 38.7 Å². The minimum absolute atomic E-state index is 0.0959. The molecule has 176 valence electrons. The maximum absolute atomic E-state index is 13.6. The molecule has 0 saturated heterocycles. The van der Waals surface area contributed by atoms with Gasteiger partial charge in [-0.1, -0.05) is 32.0 Å². The smallest absolute Gasteiger partial charge is 0.305 e. The quantitative estimate of drug-likeness (QED) is 0.392. The van der Waals surface area contributed by atoms with Crippen LogP contribution >= 0.6 is 8.03 Å². The van der Waals surface area contributed by atoms with E-state index in [-0.39, 0.29) is 24.5 Å². The third-order valence-corrected chi connectivity index (χ3v) is 6.44. The van der Waals surface area contributed by atoms with Crippen LogP contribution in [0.3, 0.4) is 0 Å². The Morgan fingerprint density at radius 3 is 2.42 bits per heavy atom. The van der Waals surface area contributed by atoms with Crippen molar-refractivity contribution in [2.75, 3.05) is 12.8 Å². The Bertz CT molecular complexity index is 1100. The van der Waals surface area contributed by atoms with Crippen LogP contribution in [0, 0.1) is 5.82 Å². The summed E-state index contributed by atoms with van der Waals surface area (Å²) in [6.07, 6.45) is -1.49. The zero-order valence-electron chi connectivity index (χ0n) is 18.6. The van der Waals surface area contributed by atoms with Gasteiger partial charge in [0.15, 0.2) is 8.03 Å². The molecule has 3 aromatic rings. The molecule has 2 atom stereocenters. The van der Waals surface area contributed by atoms with Crippen LogP contribution < -0.4 is 0 Å². The summed E-state index contributed by atoms with van der Waals surface area (Å²) in [5, 5.41) is 23.3. The average molecular weight is 474 g/mol. The number of hydrogen-bond donors (Lipinski definition) is 2. The molecule has 1 aromatic heterocycles. The van der Waals surface area contributed by atoms with Crippen molar-refractivity contribution in [2.24, 2.45) is 0 Å². The van der Waals surface area contributed by atoms with Gasteiger partial charge in [0.05, 0.1) is 36.2 Å². The maximum atomic E-state index is 13.6. The van der Waals surface area contributed by atoms with Gasteiger partial charge in [-0.2, -0.15) is 5.10 Å². The summed E-state index contributed by atoms with van der Waals surface area (Å²) in [5.74, 6) is -1.40. The van der Waals surface area contributed by atoms with Crippen molar-refractivity contribution in [3.8, 4) is 16.9 Å². The van der Waals surface area contributed by atoms with Gasteiger partial charge in [-0.25, -0.2) is 9.07 Å². The van der Waals surface area contributed by atoms with Gasteiger partial charge < -0.3 is 14.7 Å². The highest BCUT2D eigenvalue weighted by molar-refractivity contribution is 7.39. The zero-order chi connectivity index (χ0) is 24.0. The second-order valence-corrected chi connectivity index (χ2v) is 9.49.